The van der Waals surface area contributed by atoms with Crippen molar-refractivity contribution in [3.8, 4) is 22.8 Å². The molecule has 4 aromatic rings. The highest BCUT2D eigenvalue weighted by Crippen LogP contribution is 2.26. The Morgan fingerprint density at radius 3 is 2.48 bits per heavy atom. The number of rotatable bonds is 4. The molecule has 0 saturated carbocycles. The van der Waals surface area contributed by atoms with Gasteiger partial charge in [-0.2, -0.15) is 5.10 Å². The first-order valence-corrected chi connectivity index (χ1v) is 9.83. The molecule has 0 aliphatic heterocycles. The van der Waals surface area contributed by atoms with E-state index in [1.807, 2.05) is 24.3 Å². The average molecular weight is 432 g/mol. The second-order valence-electron chi connectivity index (χ2n) is 6.92. The lowest BCUT2D eigenvalue weighted by molar-refractivity contribution is 0.0956. The minimum atomic E-state index is -0.417. The van der Waals surface area contributed by atoms with Crippen LogP contribution in [0.1, 0.15) is 22.8 Å². The fourth-order valence-corrected chi connectivity index (χ4v) is 3.37. The van der Waals surface area contributed by atoms with Crippen LogP contribution in [0.3, 0.4) is 0 Å². The molecule has 0 bridgehead atoms. The number of amides is 1. The van der Waals surface area contributed by atoms with Gasteiger partial charge in [0.1, 0.15) is 11.5 Å². The van der Waals surface area contributed by atoms with E-state index in [1.165, 1.54) is 6.07 Å². The molecule has 1 aromatic heterocycles. The lowest BCUT2D eigenvalue weighted by Crippen LogP contribution is -2.20. The SMILES string of the molecule is C/C(=N\NC(=O)c1cc(-c2ccc(O)cc2)nc2ccccc12)c1cc(Cl)ccc1O. The molecule has 0 atom stereocenters. The van der Waals surface area contributed by atoms with E-state index in [2.05, 4.69) is 15.5 Å². The second-order valence-corrected chi connectivity index (χ2v) is 7.36. The van der Waals surface area contributed by atoms with Crippen molar-refractivity contribution in [2.45, 2.75) is 6.92 Å². The van der Waals surface area contributed by atoms with Gasteiger partial charge in [-0.25, -0.2) is 10.4 Å². The van der Waals surface area contributed by atoms with Crippen molar-refractivity contribution < 1.29 is 15.0 Å². The number of carbonyl (C=O) groups excluding carboxylic acids is 1. The molecule has 154 valence electrons. The molecule has 4 rings (SSSR count). The lowest BCUT2D eigenvalue weighted by atomic mass is 10.0. The zero-order chi connectivity index (χ0) is 22.0. The zero-order valence-electron chi connectivity index (χ0n) is 16.5. The van der Waals surface area contributed by atoms with Crippen LogP contribution < -0.4 is 5.43 Å². The Hall–Kier alpha value is -3.90. The molecular weight excluding hydrogens is 414 g/mol. The summed E-state index contributed by atoms with van der Waals surface area (Å²) in [5, 5.41) is 24.8. The summed E-state index contributed by atoms with van der Waals surface area (Å²) in [5.74, 6) is -0.250. The van der Waals surface area contributed by atoms with Crippen LogP contribution in [-0.2, 0) is 0 Å². The largest absolute Gasteiger partial charge is 0.508 e. The molecule has 0 spiro atoms. The number of phenolic OH excluding ortho intramolecular Hbond substituents is 2. The van der Waals surface area contributed by atoms with Crippen molar-refractivity contribution in [1.29, 1.82) is 0 Å². The highest BCUT2D eigenvalue weighted by molar-refractivity contribution is 6.31. The summed E-state index contributed by atoms with van der Waals surface area (Å²) >= 11 is 5.99. The van der Waals surface area contributed by atoms with Crippen molar-refractivity contribution >= 4 is 34.1 Å². The summed E-state index contributed by atoms with van der Waals surface area (Å²) < 4.78 is 0. The number of hydrogen-bond acceptors (Lipinski definition) is 5. The van der Waals surface area contributed by atoms with Crippen LogP contribution >= 0.6 is 11.6 Å². The summed E-state index contributed by atoms with van der Waals surface area (Å²) in [6, 6.07) is 20.2. The standard InChI is InChI=1S/C24H18ClN3O3/c1-14(19-12-16(25)8-11-23(19)30)27-28-24(31)20-13-22(15-6-9-17(29)10-7-15)26-21-5-3-2-4-18(20)21/h2-13,29-30H,1H3,(H,28,31)/b27-14+. The van der Waals surface area contributed by atoms with Gasteiger partial charge in [0.15, 0.2) is 0 Å². The number of fused-ring (bicyclic) bond motifs is 1. The summed E-state index contributed by atoms with van der Waals surface area (Å²) in [7, 11) is 0. The Labute approximate surface area is 183 Å². The highest BCUT2D eigenvalue weighted by Gasteiger charge is 2.14. The first kappa shape index (κ1) is 20.4. The lowest BCUT2D eigenvalue weighted by Gasteiger charge is -2.10. The fourth-order valence-electron chi connectivity index (χ4n) is 3.20. The van der Waals surface area contributed by atoms with Crippen LogP contribution in [0, 0.1) is 0 Å². The zero-order valence-corrected chi connectivity index (χ0v) is 17.3. The first-order chi connectivity index (χ1) is 14.9. The van der Waals surface area contributed by atoms with Gasteiger partial charge in [0.25, 0.3) is 5.91 Å². The van der Waals surface area contributed by atoms with Crippen molar-refractivity contribution in [3.05, 3.63) is 88.9 Å². The van der Waals surface area contributed by atoms with Gasteiger partial charge in [-0.05, 0) is 61.5 Å². The molecule has 7 heteroatoms. The molecule has 0 radical (unpaired) electrons. The average Bonchev–Trinajstić information content (AvgIpc) is 2.78. The van der Waals surface area contributed by atoms with Crippen LogP contribution in [0.5, 0.6) is 11.5 Å². The van der Waals surface area contributed by atoms with Crippen LogP contribution in [0.4, 0.5) is 0 Å². The van der Waals surface area contributed by atoms with E-state index in [1.54, 1.807) is 49.4 Å². The highest BCUT2D eigenvalue weighted by atomic mass is 35.5. The van der Waals surface area contributed by atoms with E-state index in [-0.39, 0.29) is 11.5 Å². The molecule has 3 aromatic carbocycles. The van der Waals surface area contributed by atoms with Crippen LogP contribution in [0.25, 0.3) is 22.2 Å². The summed E-state index contributed by atoms with van der Waals surface area (Å²) in [5.41, 5.74) is 5.81. The number of phenols is 2. The Morgan fingerprint density at radius 2 is 1.71 bits per heavy atom. The number of nitrogens with one attached hydrogen (secondary N) is 1. The molecular formula is C24H18ClN3O3. The van der Waals surface area contributed by atoms with Crippen molar-refractivity contribution in [2.75, 3.05) is 0 Å². The molecule has 0 aliphatic rings. The third kappa shape index (κ3) is 4.34. The molecule has 1 amide bonds. The third-order valence-corrected chi connectivity index (χ3v) is 5.03. The van der Waals surface area contributed by atoms with Crippen molar-refractivity contribution in [1.82, 2.24) is 10.4 Å². The number of pyridine rings is 1. The topological polar surface area (TPSA) is 94.8 Å². The number of para-hydroxylation sites is 1. The molecule has 31 heavy (non-hydrogen) atoms. The number of aromatic hydroxyl groups is 2. The van der Waals surface area contributed by atoms with E-state index in [0.717, 1.165) is 5.56 Å². The summed E-state index contributed by atoms with van der Waals surface area (Å²) in [6.45, 7) is 1.66. The van der Waals surface area contributed by atoms with E-state index in [0.29, 0.717) is 38.5 Å². The number of carbonyl (C=O) groups is 1. The first-order valence-electron chi connectivity index (χ1n) is 9.45. The molecule has 0 aliphatic carbocycles. The van der Waals surface area contributed by atoms with Crippen LogP contribution in [0.2, 0.25) is 5.02 Å². The van der Waals surface area contributed by atoms with Gasteiger partial charge in [-0.15, -0.1) is 0 Å². The van der Waals surface area contributed by atoms with Gasteiger partial charge >= 0.3 is 0 Å². The van der Waals surface area contributed by atoms with Gasteiger partial charge < -0.3 is 10.2 Å². The predicted molar refractivity (Wildman–Crippen MR) is 122 cm³/mol. The van der Waals surface area contributed by atoms with E-state index < -0.39 is 5.91 Å². The molecule has 3 N–H and O–H groups in total. The van der Waals surface area contributed by atoms with Crippen LogP contribution in [-0.4, -0.2) is 26.8 Å². The molecule has 0 saturated heterocycles. The number of nitrogens with zero attached hydrogens (tertiary/aromatic N) is 2. The van der Waals surface area contributed by atoms with Crippen molar-refractivity contribution in [2.24, 2.45) is 5.10 Å². The van der Waals surface area contributed by atoms with Gasteiger partial charge in [-0.1, -0.05) is 29.8 Å². The summed E-state index contributed by atoms with van der Waals surface area (Å²) in [6.07, 6.45) is 0. The molecule has 0 unspecified atom stereocenters. The quantitative estimate of drug-likeness (QED) is 0.308. The Balaban J connectivity index is 1.71. The van der Waals surface area contributed by atoms with Gasteiger partial charge in [0.2, 0.25) is 0 Å². The van der Waals surface area contributed by atoms with E-state index in [9.17, 15) is 15.0 Å². The minimum Gasteiger partial charge on any atom is -0.508 e. The van der Waals surface area contributed by atoms with E-state index >= 15 is 0 Å². The van der Waals surface area contributed by atoms with Gasteiger partial charge in [0.05, 0.1) is 22.5 Å². The number of halogens is 1. The predicted octanol–water partition coefficient (Wildman–Crippen LogP) is 5.12. The van der Waals surface area contributed by atoms with Gasteiger partial charge in [-0.3, -0.25) is 4.79 Å². The maximum Gasteiger partial charge on any atom is 0.272 e. The summed E-state index contributed by atoms with van der Waals surface area (Å²) in [4.78, 5) is 17.6. The second kappa shape index (κ2) is 8.45. The normalized spacial score (nSPS) is 11.5. The van der Waals surface area contributed by atoms with Crippen molar-refractivity contribution in [3.63, 3.8) is 0 Å². The fraction of sp³-hybridized carbons (Fsp3) is 0.0417. The smallest absolute Gasteiger partial charge is 0.272 e. The number of aromatic nitrogens is 1. The molecule has 6 nitrogen and oxygen atoms in total. The minimum absolute atomic E-state index is 0.0175. The molecule has 1 heterocycles. The monoisotopic (exact) mass is 431 g/mol. The van der Waals surface area contributed by atoms with Gasteiger partial charge in [0, 0.05) is 21.5 Å². The number of hydrazone groups is 1. The maximum absolute atomic E-state index is 13.0. The number of benzene rings is 3. The Morgan fingerprint density at radius 1 is 0.968 bits per heavy atom. The maximum atomic E-state index is 13.0. The van der Waals surface area contributed by atoms with E-state index in [4.69, 9.17) is 11.6 Å². The molecule has 0 fully saturated rings. The Kier molecular flexibility index (Phi) is 5.56. The van der Waals surface area contributed by atoms with Crippen LogP contribution in [0.15, 0.2) is 77.9 Å². The number of hydrogen-bond donors (Lipinski definition) is 3. The Bertz CT molecular complexity index is 1320. The third-order valence-electron chi connectivity index (χ3n) is 4.80.